The molecule has 0 aromatic carbocycles. The number of esters is 1. The largest absolute Gasteiger partial charge is 0.467 e. The third-order valence-electron chi connectivity index (χ3n) is 4.85. The van der Waals surface area contributed by atoms with Gasteiger partial charge in [0.05, 0.1) is 18.8 Å². The topological polar surface area (TPSA) is 120 Å². The molecule has 1 aromatic heterocycles. The zero-order chi connectivity index (χ0) is 20.0. The second-order valence-corrected chi connectivity index (χ2v) is 6.73. The minimum absolute atomic E-state index is 0.0297. The van der Waals surface area contributed by atoms with E-state index in [9.17, 15) is 14.4 Å². The van der Waals surface area contributed by atoms with Crippen molar-refractivity contribution in [1.82, 2.24) is 20.0 Å². The zero-order valence-electron chi connectivity index (χ0n) is 15.6. The number of hydrogen-bond acceptors (Lipinski definition) is 7. The van der Waals surface area contributed by atoms with E-state index in [1.165, 1.54) is 22.8 Å². The molecule has 1 amide bonds. The first-order chi connectivity index (χ1) is 12.9. The Balaban J connectivity index is 2.57. The molecule has 10 heteroatoms. The maximum Gasteiger partial charge on any atom is 0.329 e. The maximum absolute atomic E-state index is 12.8. The van der Waals surface area contributed by atoms with Crippen LogP contribution in [0.25, 0.3) is 0 Å². The molecule has 27 heavy (non-hydrogen) atoms. The summed E-state index contributed by atoms with van der Waals surface area (Å²) in [5.74, 6) is -1.32. The monoisotopic (exact) mass is 399 g/mol. The average Bonchev–Trinajstić information content (AvgIpc) is 2.70. The summed E-state index contributed by atoms with van der Waals surface area (Å²) in [5.41, 5.74) is 6.07. The van der Waals surface area contributed by atoms with E-state index in [-0.39, 0.29) is 23.9 Å². The molecule has 1 fully saturated rings. The number of ether oxygens (including phenoxy) is 1. The van der Waals surface area contributed by atoms with Crippen molar-refractivity contribution >= 4 is 23.5 Å². The van der Waals surface area contributed by atoms with Crippen molar-refractivity contribution in [3.8, 4) is 0 Å². The molecule has 1 aliphatic rings. The highest BCUT2D eigenvalue weighted by molar-refractivity contribution is 6.27. The van der Waals surface area contributed by atoms with Crippen LogP contribution in [0.15, 0.2) is 16.9 Å². The lowest BCUT2D eigenvalue weighted by atomic mass is 9.86. The number of aromatic nitrogens is 2. The number of alkyl halides is 1. The average molecular weight is 400 g/mol. The Morgan fingerprint density at radius 2 is 2.11 bits per heavy atom. The van der Waals surface area contributed by atoms with E-state index in [1.54, 1.807) is 13.1 Å². The van der Waals surface area contributed by atoms with Gasteiger partial charge in [-0.15, -0.1) is 11.6 Å². The van der Waals surface area contributed by atoms with Crippen molar-refractivity contribution in [2.45, 2.75) is 24.9 Å². The first-order valence-electron chi connectivity index (χ1n) is 8.84. The number of piperidine rings is 1. The fraction of sp³-hybridized carbons (Fsp3) is 0.647. The lowest BCUT2D eigenvalue weighted by Crippen LogP contribution is -2.54. The second kappa shape index (κ2) is 9.82. The predicted molar refractivity (Wildman–Crippen MR) is 100 cm³/mol. The highest BCUT2D eigenvalue weighted by Crippen LogP contribution is 2.34. The number of aryl methyl sites for hydroxylation is 1. The fourth-order valence-electron chi connectivity index (χ4n) is 3.50. The minimum Gasteiger partial charge on any atom is -0.467 e. The van der Waals surface area contributed by atoms with Crippen LogP contribution in [-0.2, 0) is 21.4 Å². The van der Waals surface area contributed by atoms with Crippen LogP contribution < -0.4 is 16.6 Å². The molecular weight excluding hydrogens is 374 g/mol. The Morgan fingerprint density at radius 3 is 2.63 bits per heavy atom. The molecule has 0 aliphatic carbocycles. The van der Waals surface area contributed by atoms with E-state index in [0.29, 0.717) is 5.69 Å². The highest BCUT2D eigenvalue weighted by Gasteiger charge is 2.40. The Morgan fingerprint density at radius 1 is 1.44 bits per heavy atom. The Bertz CT molecular complexity index is 720. The molecule has 2 atom stereocenters. The van der Waals surface area contributed by atoms with E-state index in [4.69, 9.17) is 22.1 Å². The third kappa shape index (κ3) is 4.85. The van der Waals surface area contributed by atoms with Gasteiger partial charge in [-0.3, -0.25) is 9.59 Å². The lowest BCUT2D eigenvalue weighted by molar-refractivity contribution is -0.155. The van der Waals surface area contributed by atoms with Gasteiger partial charge >= 0.3 is 5.97 Å². The second-order valence-electron chi connectivity index (χ2n) is 6.46. The summed E-state index contributed by atoms with van der Waals surface area (Å²) in [4.78, 5) is 38.2. The van der Waals surface area contributed by atoms with E-state index >= 15 is 0 Å². The van der Waals surface area contributed by atoms with Gasteiger partial charge < -0.3 is 20.7 Å². The summed E-state index contributed by atoms with van der Waals surface area (Å²) in [6.07, 6.45) is 1.55. The van der Waals surface area contributed by atoms with Crippen LogP contribution in [0, 0.1) is 5.92 Å². The molecule has 2 heterocycles. The Kier molecular flexibility index (Phi) is 7.76. The molecule has 150 valence electrons. The Labute approximate surface area is 162 Å². The van der Waals surface area contributed by atoms with Crippen LogP contribution >= 0.6 is 11.6 Å². The number of carbonyl (C=O) groups is 2. The van der Waals surface area contributed by atoms with Crippen LogP contribution in [0.2, 0.25) is 0 Å². The van der Waals surface area contributed by atoms with Gasteiger partial charge in [-0.25, -0.2) is 9.48 Å². The first-order valence-corrected chi connectivity index (χ1v) is 9.38. The minimum atomic E-state index is -0.986. The molecule has 1 aliphatic heterocycles. The van der Waals surface area contributed by atoms with E-state index in [2.05, 4.69) is 10.4 Å². The van der Waals surface area contributed by atoms with E-state index < -0.39 is 24.0 Å². The van der Waals surface area contributed by atoms with Gasteiger partial charge in [0.15, 0.2) is 0 Å². The van der Waals surface area contributed by atoms with Gasteiger partial charge in [-0.2, -0.15) is 5.10 Å². The molecule has 3 N–H and O–H groups in total. The molecule has 0 bridgehead atoms. The van der Waals surface area contributed by atoms with Crippen LogP contribution in [0.1, 0.15) is 24.6 Å². The predicted octanol–water partition coefficient (Wildman–Crippen LogP) is -0.611. The summed E-state index contributed by atoms with van der Waals surface area (Å²) in [7, 11) is 2.79. The summed E-state index contributed by atoms with van der Waals surface area (Å²) in [6, 6.07) is 1.46. The van der Waals surface area contributed by atoms with Gasteiger partial charge in [-0.1, -0.05) is 0 Å². The molecule has 0 saturated carbocycles. The highest BCUT2D eigenvalue weighted by atomic mass is 35.5. The lowest BCUT2D eigenvalue weighted by Gasteiger charge is -2.41. The van der Waals surface area contributed by atoms with Crippen molar-refractivity contribution in [1.29, 1.82) is 0 Å². The van der Waals surface area contributed by atoms with Crippen molar-refractivity contribution < 1.29 is 14.3 Å². The van der Waals surface area contributed by atoms with Gasteiger partial charge in [0.2, 0.25) is 5.91 Å². The summed E-state index contributed by atoms with van der Waals surface area (Å²) in [5, 5.41) is 7.62. The fourth-order valence-corrected chi connectivity index (χ4v) is 3.64. The van der Waals surface area contributed by atoms with Crippen LogP contribution in [-0.4, -0.2) is 65.2 Å². The molecule has 1 unspecified atom stereocenters. The zero-order valence-corrected chi connectivity index (χ0v) is 16.3. The smallest absolute Gasteiger partial charge is 0.329 e. The quantitative estimate of drug-likeness (QED) is 0.463. The van der Waals surface area contributed by atoms with E-state index in [0.717, 1.165) is 25.9 Å². The number of nitrogens with zero attached hydrogens (tertiary/aromatic N) is 3. The van der Waals surface area contributed by atoms with Crippen LogP contribution in [0.4, 0.5) is 0 Å². The number of nitrogens with one attached hydrogen (secondary N) is 1. The molecule has 9 nitrogen and oxygen atoms in total. The van der Waals surface area contributed by atoms with Crippen molar-refractivity contribution in [3.63, 3.8) is 0 Å². The van der Waals surface area contributed by atoms with Crippen molar-refractivity contribution in [2.75, 3.05) is 32.6 Å². The van der Waals surface area contributed by atoms with Gasteiger partial charge in [-0.05, 0) is 37.9 Å². The van der Waals surface area contributed by atoms with Crippen LogP contribution in [0.3, 0.4) is 0 Å². The molecule has 0 spiro atoms. The number of hydrogen-bond donors (Lipinski definition) is 2. The molecular formula is C17H26ClN5O4. The third-order valence-corrected chi connectivity index (χ3v) is 5.08. The van der Waals surface area contributed by atoms with Gasteiger partial charge in [0, 0.05) is 19.7 Å². The summed E-state index contributed by atoms with van der Waals surface area (Å²) >= 11 is 5.85. The number of rotatable bonds is 7. The van der Waals surface area contributed by atoms with Gasteiger partial charge in [0.1, 0.15) is 11.9 Å². The first kappa shape index (κ1) is 21.3. The molecule has 1 aromatic rings. The normalized spacial score (nSPS) is 17.2. The standard InChI is InChI=1S/C17H26ClN5O4/c1-22-14(24)4-3-12(21-22)16(11-5-7-20-8-6-11)23(15(25)9-18)13(10-19)17(26)27-2/h3-4,11,13,16,20H,5-10,19H2,1-2H3/t13-,16?/m1/s1. The van der Waals surface area contributed by atoms with E-state index in [1.807, 2.05) is 0 Å². The van der Waals surface area contributed by atoms with Crippen molar-refractivity contribution in [3.05, 3.63) is 28.2 Å². The SMILES string of the molecule is COC(=O)[C@@H](CN)N(C(=O)CCl)C(c1ccc(=O)n(C)n1)C1CCNCC1. The number of halogens is 1. The summed E-state index contributed by atoms with van der Waals surface area (Å²) in [6.45, 7) is 1.45. The summed E-state index contributed by atoms with van der Waals surface area (Å²) < 4.78 is 6.06. The number of nitrogens with two attached hydrogens (primary N) is 1. The number of carbonyl (C=O) groups excluding carboxylic acids is 2. The number of amides is 1. The van der Waals surface area contributed by atoms with Crippen LogP contribution in [0.5, 0.6) is 0 Å². The van der Waals surface area contributed by atoms with Gasteiger partial charge in [0.25, 0.3) is 5.56 Å². The molecule has 2 rings (SSSR count). The maximum atomic E-state index is 12.8. The Hall–Kier alpha value is -1.97. The number of methoxy groups -OCH3 is 1. The van der Waals surface area contributed by atoms with Crippen molar-refractivity contribution in [2.24, 2.45) is 18.7 Å². The molecule has 0 radical (unpaired) electrons. The molecule has 1 saturated heterocycles.